The van der Waals surface area contributed by atoms with Gasteiger partial charge < -0.3 is 10.1 Å². The molecule has 0 bridgehead atoms. The number of rotatable bonds is 6. The standard InChI is InChI=1S/C22H21NO3/c1-14-7-6-10-17(11-14)21-19(20(22(25)26)18(13-24)23-21)15(2)12-16-8-4-3-5-9-16/h3-11,13,15,23H,12H2,1-2H3,(H,25,26). The zero-order valence-electron chi connectivity index (χ0n) is 14.8. The highest BCUT2D eigenvalue weighted by Gasteiger charge is 2.27. The van der Waals surface area contributed by atoms with Crippen molar-refractivity contribution in [2.75, 3.05) is 0 Å². The van der Waals surface area contributed by atoms with Crippen LogP contribution in [0.4, 0.5) is 0 Å². The Bertz CT molecular complexity index is 941. The Kier molecular flexibility index (Phi) is 5.03. The number of carbonyl (C=O) groups is 2. The number of hydrogen-bond donors (Lipinski definition) is 2. The minimum absolute atomic E-state index is 0.0658. The van der Waals surface area contributed by atoms with Crippen molar-refractivity contribution in [2.45, 2.75) is 26.2 Å². The molecule has 2 aromatic carbocycles. The van der Waals surface area contributed by atoms with E-state index in [9.17, 15) is 14.7 Å². The molecule has 2 N–H and O–H groups in total. The number of aromatic carboxylic acids is 1. The maximum absolute atomic E-state index is 11.9. The Morgan fingerprint density at radius 3 is 2.50 bits per heavy atom. The van der Waals surface area contributed by atoms with E-state index in [4.69, 9.17) is 0 Å². The van der Waals surface area contributed by atoms with Gasteiger partial charge in [0.1, 0.15) is 0 Å². The highest BCUT2D eigenvalue weighted by atomic mass is 16.4. The molecule has 3 rings (SSSR count). The zero-order valence-corrected chi connectivity index (χ0v) is 14.8. The Labute approximate surface area is 152 Å². The lowest BCUT2D eigenvalue weighted by Gasteiger charge is -2.15. The molecule has 0 amide bonds. The molecule has 1 atom stereocenters. The van der Waals surface area contributed by atoms with Crippen molar-refractivity contribution < 1.29 is 14.7 Å². The number of carboxylic acids is 1. The number of aryl methyl sites for hydroxylation is 1. The van der Waals surface area contributed by atoms with E-state index >= 15 is 0 Å². The van der Waals surface area contributed by atoms with Crippen molar-refractivity contribution in [2.24, 2.45) is 0 Å². The monoisotopic (exact) mass is 347 g/mol. The lowest BCUT2D eigenvalue weighted by molar-refractivity contribution is 0.0692. The van der Waals surface area contributed by atoms with Gasteiger partial charge in [-0.25, -0.2) is 4.79 Å². The highest BCUT2D eigenvalue weighted by Crippen LogP contribution is 2.35. The number of aromatic amines is 1. The number of carboxylic acid groups (broad SMARTS) is 1. The first kappa shape index (κ1) is 17.7. The van der Waals surface area contributed by atoms with E-state index in [1.165, 1.54) is 0 Å². The molecule has 26 heavy (non-hydrogen) atoms. The molecule has 4 heteroatoms. The van der Waals surface area contributed by atoms with Gasteiger partial charge in [0.15, 0.2) is 6.29 Å². The number of benzene rings is 2. The van der Waals surface area contributed by atoms with Crippen molar-refractivity contribution >= 4 is 12.3 Å². The zero-order chi connectivity index (χ0) is 18.7. The minimum Gasteiger partial charge on any atom is -0.478 e. The van der Waals surface area contributed by atoms with E-state index < -0.39 is 5.97 Å². The number of hydrogen-bond acceptors (Lipinski definition) is 2. The molecule has 0 aliphatic carbocycles. The Morgan fingerprint density at radius 2 is 1.88 bits per heavy atom. The highest BCUT2D eigenvalue weighted by molar-refractivity contribution is 6.00. The third-order valence-electron chi connectivity index (χ3n) is 4.58. The smallest absolute Gasteiger partial charge is 0.338 e. The summed E-state index contributed by atoms with van der Waals surface area (Å²) in [4.78, 5) is 26.4. The van der Waals surface area contributed by atoms with E-state index in [2.05, 4.69) is 4.98 Å². The maximum Gasteiger partial charge on any atom is 0.338 e. The molecule has 0 aliphatic rings. The van der Waals surface area contributed by atoms with Crippen molar-refractivity contribution in [3.8, 4) is 11.3 Å². The van der Waals surface area contributed by atoms with Crippen LogP contribution < -0.4 is 0 Å². The Morgan fingerprint density at radius 1 is 1.15 bits per heavy atom. The summed E-state index contributed by atoms with van der Waals surface area (Å²) >= 11 is 0. The summed E-state index contributed by atoms with van der Waals surface area (Å²) in [5.41, 5.74) is 4.65. The fourth-order valence-electron chi connectivity index (χ4n) is 3.44. The average molecular weight is 347 g/mol. The summed E-state index contributed by atoms with van der Waals surface area (Å²) in [6.45, 7) is 3.98. The van der Waals surface area contributed by atoms with Crippen LogP contribution in [0.2, 0.25) is 0 Å². The molecule has 0 aliphatic heterocycles. The van der Waals surface area contributed by atoms with Crippen molar-refractivity contribution in [3.63, 3.8) is 0 Å². The van der Waals surface area contributed by atoms with Gasteiger partial charge in [0.2, 0.25) is 0 Å². The van der Waals surface area contributed by atoms with Gasteiger partial charge >= 0.3 is 5.97 Å². The van der Waals surface area contributed by atoms with Crippen LogP contribution in [0.1, 0.15) is 50.4 Å². The second-order valence-corrected chi connectivity index (χ2v) is 6.59. The average Bonchev–Trinajstić information content (AvgIpc) is 3.02. The quantitative estimate of drug-likeness (QED) is 0.626. The van der Waals surface area contributed by atoms with Gasteiger partial charge in [-0.3, -0.25) is 4.79 Å². The minimum atomic E-state index is -1.09. The van der Waals surface area contributed by atoms with Crippen LogP contribution in [0.5, 0.6) is 0 Å². The van der Waals surface area contributed by atoms with E-state index in [1.54, 1.807) is 0 Å². The number of nitrogens with one attached hydrogen (secondary N) is 1. The molecule has 132 valence electrons. The van der Waals surface area contributed by atoms with Gasteiger partial charge in [0.05, 0.1) is 17.0 Å². The molecule has 1 heterocycles. The number of aromatic nitrogens is 1. The summed E-state index contributed by atoms with van der Waals surface area (Å²) in [7, 11) is 0. The van der Waals surface area contributed by atoms with Gasteiger partial charge in [-0.1, -0.05) is 61.0 Å². The Balaban J connectivity index is 2.15. The van der Waals surface area contributed by atoms with Crippen LogP contribution in [0.15, 0.2) is 54.6 Å². The summed E-state index contributed by atoms with van der Waals surface area (Å²) in [5.74, 6) is -1.15. The van der Waals surface area contributed by atoms with E-state index in [0.29, 0.717) is 24.0 Å². The van der Waals surface area contributed by atoms with Gasteiger partial charge in [0, 0.05) is 0 Å². The first-order chi connectivity index (χ1) is 12.5. The molecule has 0 fully saturated rings. The number of H-pyrrole nitrogens is 1. The predicted octanol–water partition coefficient (Wildman–Crippen LogP) is 4.85. The molecular weight excluding hydrogens is 326 g/mol. The third kappa shape index (κ3) is 3.45. The predicted molar refractivity (Wildman–Crippen MR) is 102 cm³/mol. The summed E-state index contributed by atoms with van der Waals surface area (Å²) in [6.07, 6.45) is 1.28. The molecule has 1 unspecified atom stereocenters. The van der Waals surface area contributed by atoms with Crippen molar-refractivity contribution in [3.05, 3.63) is 82.5 Å². The van der Waals surface area contributed by atoms with Crippen molar-refractivity contribution in [1.82, 2.24) is 4.98 Å². The van der Waals surface area contributed by atoms with Crippen LogP contribution in [0.3, 0.4) is 0 Å². The molecule has 0 saturated heterocycles. The first-order valence-electron chi connectivity index (χ1n) is 8.56. The lowest BCUT2D eigenvalue weighted by Crippen LogP contribution is -2.08. The van der Waals surface area contributed by atoms with E-state index in [-0.39, 0.29) is 17.2 Å². The normalized spacial score (nSPS) is 11.9. The maximum atomic E-state index is 11.9. The van der Waals surface area contributed by atoms with Crippen molar-refractivity contribution in [1.29, 1.82) is 0 Å². The molecule has 3 aromatic rings. The molecular formula is C22H21NO3. The topological polar surface area (TPSA) is 70.2 Å². The SMILES string of the molecule is Cc1cccc(-c2[nH]c(C=O)c(C(=O)O)c2C(C)Cc2ccccc2)c1. The first-order valence-corrected chi connectivity index (χ1v) is 8.56. The summed E-state index contributed by atoms with van der Waals surface area (Å²) in [6, 6.07) is 17.8. The lowest BCUT2D eigenvalue weighted by atomic mass is 9.88. The number of carbonyl (C=O) groups excluding carboxylic acids is 1. The molecule has 4 nitrogen and oxygen atoms in total. The third-order valence-corrected chi connectivity index (χ3v) is 4.58. The van der Waals surface area contributed by atoms with E-state index in [0.717, 1.165) is 16.7 Å². The fourth-order valence-corrected chi connectivity index (χ4v) is 3.44. The summed E-state index contributed by atoms with van der Waals surface area (Å²) < 4.78 is 0. The van der Waals surface area contributed by atoms with Gasteiger partial charge in [-0.05, 0) is 42.0 Å². The molecule has 0 radical (unpaired) electrons. The van der Waals surface area contributed by atoms with Crippen LogP contribution in [-0.4, -0.2) is 22.3 Å². The van der Waals surface area contributed by atoms with Gasteiger partial charge in [-0.15, -0.1) is 0 Å². The number of aldehydes is 1. The summed E-state index contributed by atoms with van der Waals surface area (Å²) in [5, 5.41) is 9.73. The van der Waals surface area contributed by atoms with Crippen LogP contribution in [0, 0.1) is 6.92 Å². The fraction of sp³-hybridized carbons (Fsp3) is 0.182. The molecule has 0 spiro atoms. The van der Waals surface area contributed by atoms with E-state index in [1.807, 2.05) is 68.4 Å². The second-order valence-electron chi connectivity index (χ2n) is 6.59. The van der Waals surface area contributed by atoms with Crippen LogP contribution in [-0.2, 0) is 6.42 Å². The second kappa shape index (κ2) is 7.40. The van der Waals surface area contributed by atoms with Gasteiger partial charge in [0.25, 0.3) is 0 Å². The molecule has 0 saturated carbocycles. The van der Waals surface area contributed by atoms with Crippen LogP contribution >= 0.6 is 0 Å². The van der Waals surface area contributed by atoms with Crippen LogP contribution in [0.25, 0.3) is 11.3 Å². The largest absolute Gasteiger partial charge is 0.478 e. The molecule has 1 aromatic heterocycles. The van der Waals surface area contributed by atoms with Gasteiger partial charge in [-0.2, -0.15) is 0 Å². The Hall–Kier alpha value is -3.14.